The second-order valence-electron chi connectivity index (χ2n) is 6.75. The molecule has 0 aromatic heterocycles. The zero-order valence-electron chi connectivity index (χ0n) is 17.3. The van der Waals surface area contributed by atoms with Gasteiger partial charge in [0.15, 0.2) is 0 Å². The van der Waals surface area contributed by atoms with E-state index in [1.54, 1.807) is 0 Å². The molecule has 20 radical (unpaired) electrons. The van der Waals surface area contributed by atoms with E-state index in [-0.39, 0.29) is 34.1 Å². The third kappa shape index (κ3) is 9.02. The fraction of sp³-hybridized carbons (Fsp3) is 0.0714. The topological polar surface area (TPSA) is 0 Å². The molecule has 4 aliphatic rings. The second-order valence-corrected chi connectivity index (χ2v) is 6.75. The van der Waals surface area contributed by atoms with Crippen LogP contribution in [0.25, 0.3) is 0 Å². The molecule has 0 N–H and O–H groups in total. The van der Waals surface area contributed by atoms with Gasteiger partial charge in [0.25, 0.3) is 0 Å². The second kappa shape index (κ2) is 16.0. The maximum absolute atomic E-state index is 2.30. The van der Waals surface area contributed by atoms with Gasteiger partial charge in [0.1, 0.15) is 0 Å². The van der Waals surface area contributed by atoms with Crippen LogP contribution in [0.4, 0.5) is 0 Å². The van der Waals surface area contributed by atoms with Crippen LogP contribution in [0, 0.1) is 141 Å². The molecule has 0 heterocycles. The Balaban J connectivity index is 0.000000310. The van der Waals surface area contributed by atoms with Crippen LogP contribution in [0.1, 0.15) is 22.3 Å². The van der Waals surface area contributed by atoms with Crippen molar-refractivity contribution in [3.63, 3.8) is 0 Å². The maximum atomic E-state index is 2.30. The Labute approximate surface area is 209 Å². The molecule has 0 atom stereocenters. The molecule has 0 bridgehead atoms. The smallest absolute Gasteiger partial charge is 0.0549 e. The van der Waals surface area contributed by atoms with Crippen molar-refractivity contribution in [1.29, 1.82) is 0 Å². The minimum atomic E-state index is 0. The van der Waals surface area contributed by atoms with E-state index < -0.39 is 0 Å². The van der Waals surface area contributed by atoms with Crippen LogP contribution in [-0.4, -0.2) is 0 Å². The van der Waals surface area contributed by atoms with Gasteiger partial charge < -0.3 is 0 Å². The molecule has 0 aliphatic heterocycles. The first-order valence-corrected chi connectivity index (χ1v) is 9.64. The summed E-state index contributed by atoms with van der Waals surface area (Å²) in [5, 5.41) is 0. The van der Waals surface area contributed by atoms with Crippen molar-refractivity contribution in [2.75, 3.05) is 0 Å². The Hall–Kier alpha value is 0.259. The summed E-state index contributed by atoms with van der Waals surface area (Å²) < 4.78 is 0. The van der Waals surface area contributed by atoms with Crippen molar-refractivity contribution in [3.05, 3.63) is 162 Å². The van der Waals surface area contributed by atoms with E-state index in [1.165, 1.54) is 34.1 Å². The van der Waals surface area contributed by atoms with Gasteiger partial charge in [-0.15, -0.1) is 0 Å². The SMILES string of the molecule is Cc1cc([C]2[CH][CH][CH][CH]2)c([C]2[CH][CH][CH][CH]2)cc1C.[CH]1[CH][CH][CH][CH]1.[CH]1[CH][CH][CH][CH]1.[Fe+2].[Fe+2]. The van der Waals surface area contributed by atoms with E-state index in [2.05, 4.69) is 77.3 Å². The fourth-order valence-electron chi connectivity index (χ4n) is 3.04. The molecule has 0 nitrogen and oxygen atoms in total. The van der Waals surface area contributed by atoms with Crippen LogP contribution in [-0.2, 0) is 34.1 Å². The van der Waals surface area contributed by atoms with Crippen molar-refractivity contribution >= 4 is 0 Å². The van der Waals surface area contributed by atoms with Gasteiger partial charge in [-0.05, 0) is 152 Å². The van der Waals surface area contributed by atoms with E-state index in [0.29, 0.717) is 0 Å². The Morgan fingerprint density at radius 1 is 0.367 bits per heavy atom. The van der Waals surface area contributed by atoms with Gasteiger partial charge >= 0.3 is 34.1 Å². The van der Waals surface area contributed by atoms with Crippen LogP contribution in [0.5, 0.6) is 0 Å². The average molecular weight is 474 g/mol. The average Bonchev–Trinajstić information content (AvgIpc) is 3.55. The summed E-state index contributed by atoms with van der Waals surface area (Å²) in [6, 6.07) is 4.60. The minimum absolute atomic E-state index is 0. The summed E-state index contributed by atoms with van der Waals surface area (Å²) in [7, 11) is 0. The van der Waals surface area contributed by atoms with Gasteiger partial charge in [-0.2, -0.15) is 0 Å². The predicted octanol–water partition coefficient (Wildman–Crippen LogP) is 5.85. The number of hydrogen-bond donors (Lipinski definition) is 0. The number of aryl methyl sites for hydroxylation is 2. The van der Waals surface area contributed by atoms with Gasteiger partial charge in [-0.1, -0.05) is 12.1 Å². The Bertz CT molecular complexity index is 494. The van der Waals surface area contributed by atoms with Gasteiger partial charge in [-0.25, -0.2) is 0 Å². The summed E-state index contributed by atoms with van der Waals surface area (Å²) in [6.45, 7) is 4.35. The molecule has 5 rings (SSSR count). The number of benzene rings is 1. The van der Waals surface area contributed by atoms with Gasteiger partial charge in [-0.3, -0.25) is 0 Å². The predicted molar refractivity (Wildman–Crippen MR) is 118 cm³/mol. The monoisotopic (exact) mass is 474 g/mol. The number of rotatable bonds is 2. The Morgan fingerprint density at radius 2 is 0.600 bits per heavy atom. The minimum Gasteiger partial charge on any atom is -0.0549 e. The number of hydrogen-bond acceptors (Lipinski definition) is 0. The summed E-state index contributed by atoms with van der Waals surface area (Å²) in [4.78, 5) is 0. The van der Waals surface area contributed by atoms with Gasteiger partial charge in [0, 0.05) is 11.8 Å². The molecule has 4 aliphatic carbocycles. The van der Waals surface area contributed by atoms with Gasteiger partial charge in [0.05, 0.1) is 0 Å². The molecule has 150 valence electrons. The van der Waals surface area contributed by atoms with Crippen molar-refractivity contribution in [2.45, 2.75) is 13.8 Å². The molecule has 30 heavy (non-hydrogen) atoms. The molecule has 2 heteroatoms. The molecule has 0 unspecified atom stereocenters. The first kappa shape index (κ1) is 28.3. The van der Waals surface area contributed by atoms with E-state index in [1.807, 2.05) is 64.2 Å². The van der Waals surface area contributed by atoms with Crippen LogP contribution in [0.3, 0.4) is 0 Å². The van der Waals surface area contributed by atoms with Crippen LogP contribution >= 0.6 is 0 Å². The molecular weight excluding hydrogens is 448 g/mol. The first-order valence-electron chi connectivity index (χ1n) is 9.64. The molecule has 4 saturated carbocycles. The van der Waals surface area contributed by atoms with Crippen LogP contribution in [0.2, 0.25) is 0 Å². The Morgan fingerprint density at radius 3 is 0.833 bits per heavy atom. The summed E-state index contributed by atoms with van der Waals surface area (Å²) in [5.41, 5.74) is 5.35. The van der Waals surface area contributed by atoms with Crippen molar-refractivity contribution in [1.82, 2.24) is 0 Å². The molecule has 1 aromatic carbocycles. The van der Waals surface area contributed by atoms with E-state index >= 15 is 0 Å². The molecule has 0 amide bonds. The van der Waals surface area contributed by atoms with Crippen molar-refractivity contribution in [2.24, 2.45) is 0 Å². The van der Waals surface area contributed by atoms with Crippen LogP contribution < -0.4 is 0 Å². The Kier molecular flexibility index (Phi) is 15.1. The summed E-state index contributed by atoms with van der Waals surface area (Å²) >= 11 is 0. The molecule has 1 aromatic rings. The third-order valence-electron chi connectivity index (χ3n) is 4.69. The van der Waals surface area contributed by atoms with Gasteiger partial charge in [0.2, 0.25) is 0 Å². The normalized spacial score (nSPS) is 21.1. The van der Waals surface area contributed by atoms with Crippen LogP contribution in [0.15, 0.2) is 12.1 Å². The standard InChI is InChI=1S/C18H16.2C5H5.2Fe/c1-13-11-17(15-7-3-4-8-15)18(12-14(13)2)16-9-5-6-10-16;2*1-2-4-5-3-1;;/h3-12H,1-2H3;2*1-5H;;/q;;;2*+2. The molecule has 4 fully saturated rings. The maximum Gasteiger partial charge on any atom is 2.00 e. The summed E-state index contributed by atoms with van der Waals surface area (Å²) in [5.74, 6) is 2.60. The first-order chi connectivity index (χ1) is 13.8. The summed E-state index contributed by atoms with van der Waals surface area (Å²) in [6.07, 6.45) is 37.1. The molecule has 0 saturated heterocycles. The molecular formula is C28H26Fe2+4. The van der Waals surface area contributed by atoms with Crippen molar-refractivity contribution in [3.8, 4) is 0 Å². The largest absolute Gasteiger partial charge is 2.00 e. The van der Waals surface area contributed by atoms with Crippen molar-refractivity contribution < 1.29 is 34.1 Å². The zero-order chi connectivity index (χ0) is 19.6. The molecule has 0 spiro atoms. The van der Waals surface area contributed by atoms with E-state index in [0.717, 1.165) is 0 Å². The third-order valence-corrected chi connectivity index (χ3v) is 4.69. The van der Waals surface area contributed by atoms with E-state index in [4.69, 9.17) is 0 Å². The zero-order valence-corrected chi connectivity index (χ0v) is 19.5. The fourth-order valence-corrected chi connectivity index (χ4v) is 3.04. The quantitative estimate of drug-likeness (QED) is 0.472. The van der Waals surface area contributed by atoms with E-state index in [9.17, 15) is 0 Å².